The van der Waals surface area contributed by atoms with Crippen molar-refractivity contribution in [3.05, 3.63) is 59.1 Å². The molecule has 0 aliphatic carbocycles. The molecule has 2 aromatic rings. The first-order chi connectivity index (χ1) is 10.2. The van der Waals surface area contributed by atoms with Crippen LogP contribution in [-0.2, 0) is 0 Å². The van der Waals surface area contributed by atoms with Crippen LogP contribution in [0.1, 0.15) is 44.2 Å². The maximum Gasteiger partial charge on any atom is 0.0406 e. The fourth-order valence-electron chi connectivity index (χ4n) is 2.28. The molecule has 0 radical (unpaired) electrons. The van der Waals surface area contributed by atoms with E-state index in [0.717, 1.165) is 11.4 Å². The SMILES string of the molecule is CCCCC[C@H](N)c1ccccc1Sc1ccc(Cl)cc1.Cl. The Morgan fingerprint density at radius 1 is 1.05 bits per heavy atom. The molecule has 0 aliphatic rings. The molecule has 1 nitrogen and oxygen atoms in total. The average Bonchev–Trinajstić information content (AvgIpc) is 2.50. The second-order valence-corrected chi connectivity index (χ2v) is 6.75. The van der Waals surface area contributed by atoms with Gasteiger partial charge in [0.15, 0.2) is 0 Å². The predicted molar refractivity (Wildman–Crippen MR) is 100 cm³/mol. The lowest BCUT2D eigenvalue weighted by Crippen LogP contribution is -2.11. The van der Waals surface area contributed by atoms with Crippen molar-refractivity contribution in [1.29, 1.82) is 0 Å². The van der Waals surface area contributed by atoms with Crippen LogP contribution >= 0.6 is 35.8 Å². The minimum Gasteiger partial charge on any atom is -0.324 e. The first kappa shape index (κ1) is 19.4. The molecule has 0 unspecified atom stereocenters. The molecule has 0 fully saturated rings. The van der Waals surface area contributed by atoms with Gasteiger partial charge in [0.05, 0.1) is 0 Å². The lowest BCUT2D eigenvalue weighted by molar-refractivity contribution is 0.575. The summed E-state index contributed by atoms with van der Waals surface area (Å²) < 4.78 is 0. The molecule has 0 aliphatic heterocycles. The van der Waals surface area contributed by atoms with E-state index in [-0.39, 0.29) is 18.4 Å². The third kappa shape index (κ3) is 5.85. The summed E-state index contributed by atoms with van der Waals surface area (Å²) in [5, 5.41) is 0.768. The van der Waals surface area contributed by atoms with Crippen LogP contribution in [0.5, 0.6) is 0 Å². The van der Waals surface area contributed by atoms with Crippen molar-refractivity contribution >= 4 is 35.8 Å². The monoisotopic (exact) mass is 355 g/mol. The molecule has 2 rings (SSSR count). The van der Waals surface area contributed by atoms with Crippen molar-refractivity contribution in [3.63, 3.8) is 0 Å². The number of halogens is 2. The Morgan fingerprint density at radius 3 is 2.41 bits per heavy atom. The van der Waals surface area contributed by atoms with Gasteiger partial charge in [0.25, 0.3) is 0 Å². The van der Waals surface area contributed by atoms with E-state index >= 15 is 0 Å². The highest BCUT2D eigenvalue weighted by Crippen LogP contribution is 2.34. The zero-order valence-electron chi connectivity index (χ0n) is 12.8. The molecule has 0 bridgehead atoms. The summed E-state index contributed by atoms with van der Waals surface area (Å²) >= 11 is 7.69. The van der Waals surface area contributed by atoms with Gasteiger partial charge >= 0.3 is 0 Å². The van der Waals surface area contributed by atoms with Crippen LogP contribution in [0, 0.1) is 0 Å². The normalized spacial score (nSPS) is 11.8. The summed E-state index contributed by atoms with van der Waals surface area (Å²) in [6.07, 6.45) is 4.72. The highest BCUT2D eigenvalue weighted by molar-refractivity contribution is 7.99. The molecule has 0 saturated heterocycles. The van der Waals surface area contributed by atoms with Gasteiger partial charge in [0, 0.05) is 20.9 Å². The zero-order chi connectivity index (χ0) is 15.1. The first-order valence-corrected chi connectivity index (χ1v) is 8.68. The van der Waals surface area contributed by atoms with Crippen molar-refractivity contribution in [2.24, 2.45) is 5.73 Å². The summed E-state index contributed by atoms with van der Waals surface area (Å²) in [7, 11) is 0. The van der Waals surface area contributed by atoms with E-state index in [1.807, 2.05) is 24.3 Å². The van der Waals surface area contributed by atoms with Gasteiger partial charge in [-0.25, -0.2) is 0 Å². The van der Waals surface area contributed by atoms with Gasteiger partial charge in [-0.3, -0.25) is 0 Å². The van der Waals surface area contributed by atoms with Crippen LogP contribution in [-0.4, -0.2) is 0 Å². The molecule has 1 atom stereocenters. The number of hydrogen-bond donors (Lipinski definition) is 1. The zero-order valence-corrected chi connectivity index (χ0v) is 15.2. The van der Waals surface area contributed by atoms with Crippen LogP contribution in [0.2, 0.25) is 5.02 Å². The highest BCUT2D eigenvalue weighted by Gasteiger charge is 2.11. The second kappa shape index (κ2) is 10.2. The van der Waals surface area contributed by atoms with E-state index in [2.05, 4.69) is 31.2 Å². The minimum atomic E-state index is 0. The molecule has 22 heavy (non-hydrogen) atoms. The van der Waals surface area contributed by atoms with Crippen molar-refractivity contribution in [2.45, 2.75) is 48.4 Å². The average molecular weight is 356 g/mol. The molecule has 0 spiro atoms. The fourth-order valence-corrected chi connectivity index (χ4v) is 3.42. The van der Waals surface area contributed by atoms with Crippen molar-refractivity contribution < 1.29 is 0 Å². The lowest BCUT2D eigenvalue weighted by atomic mass is 10.0. The van der Waals surface area contributed by atoms with Gasteiger partial charge in [-0.05, 0) is 42.3 Å². The van der Waals surface area contributed by atoms with Gasteiger partial charge in [-0.1, -0.05) is 67.7 Å². The number of benzene rings is 2. The van der Waals surface area contributed by atoms with Crippen molar-refractivity contribution in [2.75, 3.05) is 0 Å². The maximum absolute atomic E-state index is 6.38. The van der Waals surface area contributed by atoms with Gasteiger partial charge in [-0.15, -0.1) is 12.4 Å². The summed E-state index contributed by atoms with van der Waals surface area (Å²) in [6, 6.07) is 16.5. The molecule has 0 saturated carbocycles. The minimum absolute atomic E-state index is 0. The molecule has 2 N–H and O–H groups in total. The lowest BCUT2D eigenvalue weighted by Gasteiger charge is -2.16. The van der Waals surface area contributed by atoms with Gasteiger partial charge in [0.2, 0.25) is 0 Å². The Morgan fingerprint density at radius 2 is 1.73 bits per heavy atom. The van der Waals surface area contributed by atoms with Crippen molar-refractivity contribution in [3.8, 4) is 0 Å². The summed E-state index contributed by atoms with van der Waals surface area (Å²) in [4.78, 5) is 2.43. The molecular formula is C18H23Cl2NS. The van der Waals surface area contributed by atoms with Gasteiger partial charge in [-0.2, -0.15) is 0 Å². The van der Waals surface area contributed by atoms with Crippen LogP contribution in [0.15, 0.2) is 58.3 Å². The molecule has 120 valence electrons. The predicted octanol–water partition coefficient (Wildman–Crippen LogP) is 6.49. The van der Waals surface area contributed by atoms with E-state index < -0.39 is 0 Å². The molecule has 0 amide bonds. The Hall–Kier alpha value is -0.670. The second-order valence-electron chi connectivity index (χ2n) is 5.20. The standard InChI is InChI=1S/C18H22ClNS.ClH/c1-2-3-4-8-17(20)16-7-5-6-9-18(16)21-15-12-10-14(19)11-13-15;/h5-7,9-13,17H,2-4,8,20H2,1H3;1H/t17-;/m0./s1. The topological polar surface area (TPSA) is 26.0 Å². The quantitative estimate of drug-likeness (QED) is 0.574. The number of rotatable bonds is 7. The Kier molecular flexibility index (Phi) is 8.96. The van der Waals surface area contributed by atoms with Crippen LogP contribution in [0.3, 0.4) is 0 Å². The van der Waals surface area contributed by atoms with E-state index in [0.29, 0.717) is 0 Å². The van der Waals surface area contributed by atoms with Gasteiger partial charge in [0.1, 0.15) is 0 Å². The summed E-state index contributed by atoms with van der Waals surface area (Å²) in [5.74, 6) is 0. The first-order valence-electron chi connectivity index (χ1n) is 7.48. The third-order valence-electron chi connectivity index (χ3n) is 3.48. The smallest absolute Gasteiger partial charge is 0.0406 e. The van der Waals surface area contributed by atoms with E-state index in [1.54, 1.807) is 11.8 Å². The molecule has 4 heteroatoms. The Balaban J connectivity index is 0.00000242. The highest BCUT2D eigenvalue weighted by atomic mass is 35.5. The maximum atomic E-state index is 6.38. The molecule has 0 heterocycles. The molecular weight excluding hydrogens is 333 g/mol. The van der Waals surface area contributed by atoms with Crippen LogP contribution in [0.25, 0.3) is 0 Å². The number of unbranched alkanes of at least 4 members (excludes halogenated alkanes) is 2. The van der Waals surface area contributed by atoms with Crippen LogP contribution in [0.4, 0.5) is 0 Å². The number of nitrogens with two attached hydrogens (primary N) is 1. The largest absolute Gasteiger partial charge is 0.324 e. The number of hydrogen-bond acceptors (Lipinski definition) is 2. The third-order valence-corrected chi connectivity index (χ3v) is 4.83. The Labute approximate surface area is 149 Å². The fraction of sp³-hybridized carbons (Fsp3) is 0.333. The van der Waals surface area contributed by atoms with Crippen molar-refractivity contribution in [1.82, 2.24) is 0 Å². The summed E-state index contributed by atoms with van der Waals surface area (Å²) in [6.45, 7) is 2.22. The van der Waals surface area contributed by atoms with E-state index in [4.69, 9.17) is 17.3 Å². The molecule has 0 aromatic heterocycles. The van der Waals surface area contributed by atoms with Gasteiger partial charge < -0.3 is 5.73 Å². The van der Waals surface area contributed by atoms with E-state index in [9.17, 15) is 0 Å². The molecule has 2 aromatic carbocycles. The van der Waals surface area contributed by atoms with E-state index in [1.165, 1.54) is 34.6 Å². The Bertz CT molecular complexity index is 557. The van der Waals surface area contributed by atoms with Crippen LogP contribution < -0.4 is 5.73 Å². The summed E-state index contributed by atoms with van der Waals surface area (Å²) in [5.41, 5.74) is 7.62.